The average molecular weight is 545 g/mol. The number of para-hydroxylation sites is 2. The zero-order chi connectivity index (χ0) is 25.7. The summed E-state index contributed by atoms with van der Waals surface area (Å²) in [6, 6.07) is 16.7. The first kappa shape index (κ1) is 23.0. The predicted molar refractivity (Wildman–Crippen MR) is 141 cm³/mol. The molecule has 1 fully saturated rings. The van der Waals surface area contributed by atoms with Crippen molar-refractivity contribution in [2.75, 3.05) is 19.0 Å². The summed E-state index contributed by atoms with van der Waals surface area (Å²) in [5, 5.41) is 0. The number of hydrogen-bond acceptors (Lipinski definition) is 4. The molecule has 0 atom stereocenters. The summed E-state index contributed by atoms with van der Waals surface area (Å²) in [6.07, 6.45) is 1.70. The van der Waals surface area contributed by atoms with Gasteiger partial charge in [-0.05, 0) is 0 Å². The van der Waals surface area contributed by atoms with Gasteiger partial charge in [-0.15, -0.1) is 0 Å². The fourth-order valence-corrected chi connectivity index (χ4v) is 8.50. The van der Waals surface area contributed by atoms with Crippen LogP contribution in [0.5, 0.6) is 0 Å². The van der Waals surface area contributed by atoms with Crippen molar-refractivity contribution >= 4 is 54.4 Å². The second kappa shape index (κ2) is 7.31. The number of rotatable bonds is 1. The van der Waals surface area contributed by atoms with E-state index in [1.54, 1.807) is 6.08 Å². The number of carbonyl (C=O) groups excluding carboxylic acids is 3. The average Bonchev–Trinajstić information content (AvgIpc) is 3.29. The standard InChI is InChI=1S/C29H27N3O3Se/c1-28(2)18-10-7-8-13-22(18)32-23-19(28)11-9-12-20(23)29(3,4)21-15-16(36-26(21)32)14-17-24(33)30(5)27(35)31(6)25(17)34/h7-15H,1-6H3. The summed E-state index contributed by atoms with van der Waals surface area (Å²) in [5.74, 6) is -1.11. The first-order chi connectivity index (χ1) is 17.0. The molecule has 1 saturated heterocycles. The molecule has 3 aliphatic rings. The molecular weight excluding hydrogens is 517 g/mol. The Morgan fingerprint density at radius 3 is 1.94 bits per heavy atom. The van der Waals surface area contributed by atoms with Gasteiger partial charge in [0.25, 0.3) is 0 Å². The maximum absolute atomic E-state index is 12.9. The van der Waals surface area contributed by atoms with Gasteiger partial charge in [0.1, 0.15) is 0 Å². The molecule has 4 heterocycles. The summed E-state index contributed by atoms with van der Waals surface area (Å²) in [4.78, 5) is 42.3. The van der Waals surface area contributed by atoms with E-state index in [0.29, 0.717) is 0 Å². The van der Waals surface area contributed by atoms with E-state index in [9.17, 15) is 14.4 Å². The molecule has 3 aliphatic heterocycles. The Balaban J connectivity index is 1.59. The number of barbiturate groups is 1. The summed E-state index contributed by atoms with van der Waals surface area (Å²) in [5.41, 5.74) is 7.16. The number of amides is 4. The number of fused-ring (bicyclic) bond motifs is 4. The van der Waals surface area contributed by atoms with Gasteiger partial charge < -0.3 is 0 Å². The summed E-state index contributed by atoms with van der Waals surface area (Å²) < 4.78 is 2.18. The van der Waals surface area contributed by atoms with Gasteiger partial charge in [-0.1, -0.05) is 0 Å². The van der Waals surface area contributed by atoms with E-state index in [0.717, 1.165) is 14.2 Å². The van der Waals surface area contributed by atoms with Crippen LogP contribution in [0.25, 0.3) is 6.08 Å². The van der Waals surface area contributed by atoms with Crippen molar-refractivity contribution in [3.8, 4) is 0 Å². The molecule has 6 rings (SSSR count). The van der Waals surface area contributed by atoms with Gasteiger partial charge in [0.15, 0.2) is 0 Å². The first-order valence-corrected chi connectivity index (χ1v) is 13.7. The van der Waals surface area contributed by atoms with Gasteiger partial charge in [0.05, 0.1) is 0 Å². The Morgan fingerprint density at radius 2 is 1.31 bits per heavy atom. The van der Waals surface area contributed by atoms with Crippen LogP contribution >= 0.6 is 0 Å². The number of nitrogens with zero attached hydrogens (tertiary/aromatic N) is 3. The number of carbonyl (C=O) groups is 3. The van der Waals surface area contributed by atoms with Crippen molar-refractivity contribution in [2.45, 2.75) is 38.5 Å². The SMILES string of the molecule is CN1C(=O)C(=Cc2cc3c([se]2)N2c4ccccc4C(C)(C)c4cccc(c42)C3(C)C)C(=O)N(C)C1=O. The molecular formula is C29H27N3O3Se. The number of anilines is 3. The Kier molecular flexibility index (Phi) is 4.67. The molecule has 6 nitrogen and oxygen atoms in total. The van der Waals surface area contributed by atoms with Crippen LogP contribution in [-0.4, -0.2) is 56.2 Å². The Bertz CT molecular complexity index is 1520. The van der Waals surface area contributed by atoms with Crippen LogP contribution in [0.3, 0.4) is 0 Å². The zero-order valence-electron chi connectivity index (χ0n) is 21.2. The molecule has 0 unspecified atom stereocenters. The Labute approximate surface area is 216 Å². The second-order valence-electron chi connectivity index (χ2n) is 10.7. The van der Waals surface area contributed by atoms with Crippen LogP contribution in [0.2, 0.25) is 0 Å². The number of hydrogen-bond donors (Lipinski definition) is 0. The molecule has 1 aromatic heterocycles. The topological polar surface area (TPSA) is 60.9 Å². The fraction of sp³-hybridized carbons (Fsp3) is 0.276. The van der Waals surface area contributed by atoms with Gasteiger partial charge in [-0.25, -0.2) is 0 Å². The molecule has 0 bridgehead atoms. The van der Waals surface area contributed by atoms with Crippen LogP contribution in [0.4, 0.5) is 20.7 Å². The minimum absolute atomic E-state index is 0.0313. The van der Waals surface area contributed by atoms with Gasteiger partial charge in [0.2, 0.25) is 0 Å². The molecule has 0 spiro atoms. The quantitative estimate of drug-likeness (QED) is 0.248. The fourth-order valence-electron chi connectivity index (χ4n) is 5.81. The molecule has 0 saturated carbocycles. The summed E-state index contributed by atoms with van der Waals surface area (Å²) in [7, 11) is 2.82. The van der Waals surface area contributed by atoms with Crippen molar-refractivity contribution in [3.05, 3.63) is 80.8 Å². The monoisotopic (exact) mass is 545 g/mol. The van der Waals surface area contributed by atoms with Gasteiger partial charge in [-0.2, -0.15) is 0 Å². The molecule has 36 heavy (non-hydrogen) atoms. The molecule has 182 valence electrons. The van der Waals surface area contributed by atoms with Gasteiger partial charge >= 0.3 is 217 Å². The third-order valence-corrected chi connectivity index (χ3v) is 10.2. The van der Waals surface area contributed by atoms with Crippen molar-refractivity contribution < 1.29 is 14.4 Å². The molecule has 0 radical (unpaired) electrons. The van der Waals surface area contributed by atoms with Crippen molar-refractivity contribution in [1.29, 1.82) is 0 Å². The van der Waals surface area contributed by atoms with E-state index in [4.69, 9.17) is 0 Å². The van der Waals surface area contributed by atoms with Crippen LogP contribution in [-0.2, 0) is 20.4 Å². The van der Waals surface area contributed by atoms with E-state index in [1.807, 2.05) is 0 Å². The molecule has 4 amide bonds. The predicted octanol–water partition coefficient (Wildman–Crippen LogP) is 4.93. The zero-order valence-corrected chi connectivity index (χ0v) is 22.9. The Hall–Kier alpha value is -3.41. The molecule has 0 aliphatic carbocycles. The van der Waals surface area contributed by atoms with E-state index in [1.165, 1.54) is 52.3 Å². The number of likely N-dealkylation sites (N-methyl/N-ethyl adjacent to an activating group) is 2. The first-order valence-electron chi connectivity index (χ1n) is 12.0. The van der Waals surface area contributed by atoms with Gasteiger partial charge in [0, 0.05) is 0 Å². The van der Waals surface area contributed by atoms with Crippen LogP contribution in [0, 0.1) is 0 Å². The van der Waals surface area contributed by atoms with Crippen molar-refractivity contribution in [3.63, 3.8) is 0 Å². The Morgan fingerprint density at radius 1 is 0.750 bits per heavy atom. The van der Waals surface area contributed by atoms with E-state index < -0.39 is 17.8 Å². The third-order valence-electron chi connectivity index (χ3n) is 7.96. The van der Waals surface area contributed by atoms with Crippen LogP contribution in [0.1, 0.15) is 54.4 Å². The molecule has 7 heteroatoms. The number of imide groups is 2. The van der Waals surface area contributed by atoms with E-state index >= 15 is 0 Å². The van der Waals surface area contributed by atoms with Gasteiger partial charge in [-0.3, -0.25) is 0 Å². The van der Waals surface area contributed by atoms with Crippen LogP contribution < -0.4 is 4.90 Å². The molecule has 0 N–H and O–H groups in total. The summed E-state index contributed by atoms with van der Waals surface area (Å²) in [6.45, 7) is 9.08. The third kappa shape index (κ3) is 2.81. The van der Waals surface area contributed by atoms with Crippen LogP contribution in [0.15, 0.2) is 54.1 Å². The van der Waals surface area contributed by atoms with E-state index in [-0.39, 0.29) is 30.9 Å². The normalized spacial score (nSPS) is 19.2. The molecule has 2 aromatic carbocycles. The number of benzene rings is 2. The van der Waals surface area contributed by atoms with Crippen molar-refractivity contribution in [1.82, 2.24) is 9.80 Å². The van der Waals surface area contributed by atoms with E-state index in [2.05, 4.69) is 81.1 Å². The molecule has 3 aromatic rings. The van der Waals surface area contributed by atoms with Crippen molar-refractivity contribution in [2.24, 2.45) is 0 Å². The minimum atomic E-state index is -0.609. The second-order valence-corrected chi connectivity index (χ2v) is 13.0. The maximum atomic E-state index is 12.9. The summed E-state index contributed by atoms with van der Waals surface area (Å²) >= 11 is -0.141. The number of urea groups is 1.